The Kier molecular flexibility index (Phi) is 8.12. The predicted molar refractivity (Wildman–Crippen MR) is 80.2 cm³/mol. The summed E-state index contributed by atoms with van der Waals surface area (Å²) in [6.45, 7) is 5.33. The smallest absolute Gasteiger partial charge is 0.315 e. The second kappa shape index (κ2) is 9.60. The second-order valence-electron chi connectivity index (χ2n) is 5.93. The fourth-order valence-electron chi connectivity index (χ4n) is 2.53. The van der Waals surface area contributed by atoms with Gasteiger partial charge in [0.25, 0.3) is 0 Å². The van der Waals surface area contributed by atoms with Crippen molar-refractivity contribution in [2.24, 2.45) is 5.92 Å². The molecule has 0 aromatic carbocycles. The Morgan fingerprint density at radius 3 is 2.71 bits per heavy atom. The number of carbonyl (C=O) groups excluding carboxylic acids is 1. The summed E-state index contributed by atoms with van der Waals surface area (Å²) >= 11 is 0. The van der Waals surface area contributed by atoms with Crippen molar-refractivity contribution < 1.29 is 19.4 Å². The van der Waals surface area contributed by atoms with Crippen molar-refractivity contribution >= 4 is 12.0 Å². The fourth-order valence-corrected chi connectivity index (χ4v) is 2.53. The van der Waals surface area contributed by atoms with Crippen molar-refractivity contribution in [1.82, 2.24) is 10.6 Å². The number of aliphatic carboxylic acids is 1. The zero-order valence-corrected chi connectivity index (χ0v) is 13.1. The fraction of sp³-hybridized carbons (Fsp3) is 0.867. The van der Waals surface area contributed by atoms with Crippen LogP contribution in [-0.2, 0) is 9.53 Å². The molecule has 1 saturated carbocycles. The van der Waals surface area contributed by atoms with Crippen LogP contribution in [0.1, 0.15) is 52.4 Å². The van der Waals surface area contributed by atoms with Crippen LogP contribution >= 0.6 is 0 Å². The minimum atomic E-state index is -0.757. The largest absolute Gasteiger partial charge is 0.481 e. The number of rotatable bonds is 8. The molecule has 2 amide bonds. The van der Waals surface area contributed by atoms with Gasteiger partial charge in [-0.15, -0.1) is 0 Å². The van der Waals surface area contributed by atoms with E-state index in [1.165, 1.54) is 0 Å². The monoisotopic (exact) mass is 300 g/mol. The summed E-state index contributed by atoms with van der Waals surface area (Å²) in [6.07, 6.45) is 5.00. The average molecular weight is 300 g/mol. The summed E-state index contributed by atoms with van der Waals surface area (Å²) in [7, 11) is 0. The van der Waals surface area contributed by atoms with Crippen LogP contribution < -0.4 is 10.6 Å². The molecular formula is C15H28N2O4. The molecule has 21 heavy (non-hydrogen) atoms. The summed E-state index contributed by atoms with van der Waals surface area (Å²) in [4.78, 5) is 22.7. The number of hydrogen-bond donors (Lipinski definition) is 3. The van der Waals surface area contributed by atoms with E-state index in [-0.39, 0.29) is 24.1 Å². The van der Waals surface area contributed by atoms with Gasteiger partial charge in [0.15, 0.2) is 0 Å². The number of carboxylic acids is 1. The third-order valence-corrected chi connectivity index (χ3v) is 3.67. The molecule has 2 atom stereocenters. The molecule has 6 heteroatoms. The highest BCUT2D eigenvalue weighted by Crippen LogP contribution is 2.24. The zero-order chi connectivity index (χ0) is 15.7. The molecule has 1 aliphatic rings. The highest BCUT2D eigenvalue weighted by Gasteiger charge is 2.27. The third-order valence-electron chi connectivity index (χ3n) is 3.67. The van der Waals surface area contributed by atoms with Gasteiger partial charge in [-0.3, -0.25) is 4.79 Å². The maximum absolute atomic E-state index is 11.7. The van der Waals surface area contributed by atoms with Gasteiger partial charge in [0.1, 0.15) is 0 Å². The van der Waals surface area contributed by atoms with E-state index in [9.17, 15) is 9.59 Å². The molecule has 0 heterocycles. The van der Waals surface area contributed by atoms with Crippen molar-refractivity contribution in [2.45, 2.75) is 64.5 Å². The van der Waals surface area contributed by atoms with Gasteiger partial charge >= 0.3 is 12.0 Å². The Balaban J connectivity index is 2.09. The molecule has 1 rings (SSSR count). The Morgan fingerprint density at radius 2 is 2.05 bits per heavy atom. The number of urea groups is 1. The first-order valence-corrected chi connectivity index (χ1v) is 7.87. The molecule has 0 aromatic rings. The molecule has 0 aromatic heterocycles. The second-order valence-corrected chi connectivity index (χ2v) is 5.93. The molecular weight excluding hydrogens is 272 g/mol. The molecule has 0 bridgehead atoms. The Morgan fingerprint density at radius 1 is 1.29 bits per heavy atom. The lowest BCUT2D eigenvalue weighted by molar-refractivity contribution is -0.143. The molecule has 6 nitrogen and oxygen atoms in total. The number of amides is 2. The Bertz CT molecular complexity index is 334. The molecule has 122 valence electrons. The number of ether oxygens (including phenoxy) is 1. The topological polar surface area (TPSA) is 87.7 Å². The standard InChI is InChI=1S/C15H28N2O4/c1-11(2)21-9-4-3-8-16-15(20)17-13-7-5-6-12(10-13)14(18)19/h11-13H,3-10H2,1-2H3,(H,18,19)(H2,16,17,20). The predicted octanol–water partition coefficient (Wildman–Crippen LogP) is 2.13. The van der Waals surface area contributed by atoms with Gasteiger partial charge in [-0.05, 0) is 46.0 Å². The quantitative estimate of drug-likeness (QED) is 0.599. The average Bonchev–Trinajstić information content (AvgIpc) is 2.42. The first kappa shape index (κ1) is 17.8. The van der Waals surface area contributed by atoms with Crippen LogP contribution in [0, 0.1) is 5.92 Å². The molecule has 0 saturated heterocycles. The van der Waals surface area contributed by atoms with Gasteiger partial charge in [0.05, 0.1) is 12.0 Å². The van der Waals surface area contributed by atoms with Crippen molar-refractivity contribution in [3.05, 3.63) is 0 Å². The summed E-state index contributed by atoms with van der Waals surface area (Å²) in [5.74, 6) is -1.08. The lowest BCUT2D eigenvalue weighted by Gasteiger charge is -2.27. The maximum Gasteiger partial charge on any atom is 0.315 e. The Hall–Kier alpha value is -1.30. The van der Waals surface area contributed by atoms with E-state index in [0.717, 1.165) is 25.7 Å². The Labute approximate surface area is 126 Å². The molecule has 0 aliphatic heterocycles. The van der Waals surface area contributed by atoms with Gasteiger partial charge in [-0.1, -0.05) is 6.42 Å². The SMILES string of the molecule is CC(C)OCCCCNC(=O)NC1CCCC(C(=O)O)C1. The van der Waals surface area contributed by atoms with E-state index in [4.69, 9.17) is 9.84 Å². The van der Waals surface area contributed by atoms with Gasteiger partial charge in [0, 0.05) is 19.2 Å². The first-order chi connectivity index (χ1) is 9.99. The molecule has 2 unspecified atom stereocenters. The maximum atomic E-state index is 11.7. The van der Waals surface area contributed by atoms with E-state index < -0.39 is 5.97 Å². The van der Waals surface area contributed by atoms with Gasteiger partial charge < -0.3 is 20.5 Å². The number of carboxylic acid groups (broad SMARTS) is 1. The van der Waals surface area contributed by atoms with E-state index in [1.807, 2.05) is 13.8 Å². The summed E-state index contributed by atoms with van der Waals surface area (Å²) in [5.41, 5.74) is 0. The third kappa shape index (κ3) is 7.90. The first-order valence-electron chi connectivity index (χ1n) is 7.87. The van der Waals surface area contributed by atoms with E-state index >= 15 is 0 Å². The minimum absolute atomic E-state index is 0.0240. The molecule has 1 aliphatic carbocycles. The van der Waals surface area contributed by atoms with Crippen molar-refractivity contribution in [1.29, 1.82) is 0 Å². The van der Waals surface area contributed by atoms with Gasteiger partial charge in [-0.2, -0.15) is 0 Å². The van der Waals surface area contributed by atoms with E-state index in [1.54, 1.807) is 0 Å². The lowest BCUT2D eigenvalue weighted by atomic mass is 9.86. The van der Waals surface area contributed by atoms with Crippen LogP contribution in [-0.4, -0.2) is 42.4 Å². The highest BCUT2D eigenvalue weighted by atomic mass is 16.5. The highest BCUT2D eigenvalue weighted by molar-refractivity contribution is 5.74. The number of carbonyl (C=O) groups is 2. The van der Waals surface area contributed by atoms with E-state index in [0.29, 0.717) is 26.0 Å². The van der Waals surface area contributed by atoms with Crippen molar-refractivity contribution in [2.75, 3.05) is 13.2 Å². The van der Waals surface area contributed by atoms with Crippen LogP contribution in [0.25, 0.3) is 0 Å². The molecule has 0 radical (unpaired) electrons. The number of unbranched alkanes of at least 4 members (excludes halogenated alkanes) is 1. The lowest BCUT2D eigenvalue weighted by Crippen LogP contribution is -2.45. The summed E-state index contributed by atoms with van der Waals surface area (Å²) < 4.78 is 5.42. The van der Waals surface area contributed by atoms with Crippen LogP contribution in [0.3, 0.4) is 0 Å². The normalized spacial score (nSPS) is 22.0. The van der Waals surface area contributed by atoms with Crippen LogP contribution in [0.5, 0.6) is 0 Å². The summed E-state index contributed by atoms with van der Waals surface area (Å²) in [6, 6.07) is -0.222. The van der Waals surface area contributed by atoms with Crippen molar-refractivity contribution in [3.8, 4) is 0 Å². The summed E-state index contributed by atoms with van der Waals surface area (Å²) in [5, 5.41) is 14.7. The van der Waals surface area contributed by atoms with Crippen LogP contribution in [0.4, 0.5) is 4.79 Å². The van der Waals surface area contributed by atoms with E-state index in [2.05, 4.69) is 10.6 Å². The zero-order valence-electron chi connectivity index (χ0n) is 13.1. The van der Waals surface area contributed by atoms with Gasteiger partial charge in [-0.25, -0.2) is 4.79 Å². The number of hydrogen-bond acceptors (Lipinski definition) is 3. The van der Waals surface area contributed by atoms with Crippen LogP contribution in [0.2, 0.25) is 0 Å². The molecule has 0 spiro atoms. The molecule has 1 fully saturated rings. The number of nitrogens with one attached hydrogen (secondary N) is 2. The minimum Gasteiger partial charge on any atom is -0.481 e. The van der Waals surface area contributed by atoms with Crippen molar-refractivity contribution in [3.63, 3.8) is 0 Å². The van der Waals surface area contributed by atoms with Crippen LogP contribution in [0.15, 0.2) is 0 Å². The molecule has 3 N–H and O–H groups in total. The van der Waals surface area contributed by atoms with Gasteiger partial charge in [0.2, 0.25) is 0 Å².